The number of hydrogen-bond donors (Lipinski definition) is 2. The van der Waals surface area contributed by atoms with E-state index in [9.17, 15) is 4.79 Å². The second kappa shape index (κ2) is 5.92. The van der Waals surface area contributed by atoms with E-state index in [1.807, 2.05) is 6.92 Å². The van der Waals surface area contributed by atoms with Crippen molar-refractivity contribution in [3.05, 3.63) is 21.6 Å². The molecule has 1 aromatic heterocycles. The number of halogens is 1. The highest BCUT2D eigenvalue weighted by molar-refractivity contribution is 6.32. The highest BCUT2D eigenvalue weighted by atomic mass is 35.5. The van der Waals surface area contributed by atoms with Gasteiger partial charge in [-0.05, 0) is 19.3 Å². The Morgan fingerprint density at radius 3 is 2.79 bits per heavy atom. The second-order valence-electron chi connectivity index (χ2n) is 5.22. The van der Waals surface area contributed by atoms with Gasteiger partial charge in [0.15, 0.2) is 0 Å². The molecule has 3 N–H and O–H groups in total. The van der Waals surface area contributed by atoms with Crippen molar-refractivity contribution in [2.75, 3.05) is 11.9 Å². The summed E-state index contributed by atoms with van der Waals surface area (Å²) in [5.74, 6) is 0. The first-order valence-corrected chi connectivity index (χ1v) is 7.23. The second-order valence-corrected chi connectivity index (χ2v) is 5.60. The van der Waals surface area contributed by atoms with Crippen LogP contribution in [0.3, 0.4) is 0 Å². The lowest BCUT2D eigenvalue weighted by Gasteiger charge is -2.30. The van der Waals surface area contributed by atoms with E-state index in [-0.39, 0.29) is 16.1 Å². The molecule has 5 nitrogen and oxygen atoms in total. The minimum atomic E-state index is -0.237. The summed E-state index contributed by atoms with van der Waals surface area (Å²) in [4.78, 5) is 12.0. The van der Waals surface area contributed by atoms with Gasteiger partial charge in [-0.2, -0.15) is 5.10 Å². The van der Waals surface area contributed by atoms with E-state index in [0.29, 0.717) is 18.8 Å². The fourth-order valence-corrected chi connectivity index (χ4v) is 2.83. The zero-order valence-corrected chi connectivity index (χ0v) is 12.0. The highest BCUT2D eigenvalue weighted by Crippen LogP contribution is 2.33. The van der Waals surface area contributed by atoms with Crippen molar-refractivity contribution in [2.24, 2.45) is 5.73 Å². The van der Waals surface area contributed by atoms with E-state index in [1.54, 1.807) is 6.20 Å². The van der Waals surface area contributed by atoms with E-state index in [2.05, 4.69) is 10.4 Å². The molecule has 0 aliphatic heterocycles. The zero-order chi connectivity index (χ0) is 13.9. The number of aromatic nitrogens is 2. The first-order chi connectivity index (χ1) is 9.12. The molecule has 0 spiro atoms. The molecule has 2 rings (SSSR count). The van der Waals surface area contributed by atoms with Crippen LogP contribution in [-0.4, -0.2) is 21.9 Å². The molecular formula is C13H21ClN4O. The van der Waals surface area contributed by atoms with Crippen molar-refractivity contribution in [3.63, 3.8) is 0 Å². The molecule has 1 saturated carbocycles. The SMILES string of the molecule is CCCn1ncc(NC2(CN)CCCC2)c(Cl)c1=O. The molecule has 1 aromatic rings. The third kappa shape index (κ3) is 2.92. The number of nitrogens with one attached hydrogen (secondary N) is 1. The molecule has 0 unspecified atom stereocenters. The number of anilines is 1. The predicted octanol–water partition coefficient (Wildman–Crippen LogP) is 1.99. The molecule has 1 aliphatic carbocycles. The largest absolute Gasteiger partial charge is 0.376 e. The first-order valence-electron chi connectivity index (χ1n) is 6.86. The average molecular weight is 285 g/mol. The molecule has 0 atom stereocenters. The molecule has 0 saturated heterocycles. The highest BCUT2D eigenvalue weighted by Gasteiger charge is 2.33. The molecule has 1 aliphatic rings. The number of hydrogen-bond acceptors (Lipinski definition) is 4. The number of nitrogens with two attached hydrogens (primary N) is 1. The number of nitrogens with zero attached hydrogens (tertiary/aromatic N) is 2. The fraction of sp³-hybridized carbons (Fsp3) is 0.692. The summed E-state index contributed by atoms with van der Waals surface area (Å²) in [5, 5.41) is 7.71. The van der Waals surface area contributed by atoms with E-state index in [0.717, 1.165) is 32.1 Å². The van der Waals surface area contributed by atoms with Gasteiger partial charge >= 0.3 is 0 Å². The number of rotatable bonds is 5. The van der Waals surface area contributed by atoms with Crippen LogP contribution < -0.4 is 16.6 Å². The maximum absolute atomic E-state index is 12.0. The first kappa shape index (κ1) is 14.3. The van der Waals surface area contributed by atoms with E-state index < -0.39 is 0 Å². The summed E-state index contributed by atoms with van der Waals surface area (Å²) in [6.07, 6.45) is 6.82. The Morgan fingerprint density at radius 1 is 1.53 bits per heavy atom. The topological polar surface area (TPSA) is 72.9 Å². The fourth-order valence-electron chi connectivity index (χ4n) is 2.64. The van der Waals surface area contributed by atoms with Gasteiger partial charge in [-0.15, -0.1) is 0 Å². The molecule has 19 heavy (non-hydrogen) atoms. The van der Waals surface area contributed by atoms with E-state index in [1.165, 1.54) is 4.68 Å². The van der Waals surface area contributed by atoms with E-state index in [4.69, 9.17) is 17.3 Å². The Kier molecular flexibility index (Phi) is 4.47. The molecular weight excluding hydrogens is 264 g/mol. The summed E-state index contributed by atoms with van der Waals surface area (Å²) >= 11 is 6.15. The van der Waals surface area contributed by atoms with Gasteiger partial charge in [0.2, 0.25) is 0 Å². The summed E-state index contributed by atoms with van der Waals surface area (Å²) in [7, 11) is 0. The molecule has 106 valence electrons. The smallest absolute Gasteiger partial charge is 0.287 e. The third-order valence-electron chi connectivity index (χ3n) is 3.77. The van der Waals surface area contributed by atoms with Gasteiger partial charge < -0.3 is 11.1 Å². The molecule has 0 radical (unpaired) electrons. The predicted molar refractivity (Wildman–Crippen MR) is 77.7 cm³/mol. The van der Waals surface area contributed by atoms with Gasteiger partial charge in [-0.25, -0.2) is 4.68 Å². The normalized spacial score (nSPS) is 17.6. The Hall–Kier alpha value is -1.07. The molecule has 1 fully saturated rings. The monoisotopic (exact) mass is 284 g/mol. The summed E-state index contributed by atoms with van der Waals surface area (Å²) in [5.41, 5.74) is 6.11. The van der Waals surface area contributed by atoms with Crippen LogP contribution in [0.4, 0.5) is 5.69 Å². The lowest BCUT2D eigenvalue weighted by atomic mass is 9.97. The van der Waals surface area contributed by atoms with Crippen LogP contribution in [0.5, 0.6) is 0 Å². The van der Waals surface area contributed by atoms with Crippen LogP contribution in [-0.2, 0) is 6.54 Å². The minimum Gasteiger partial charge on any atom is -0.376 e. The van der Waals surface area contributed by atoms with Crippen molar-refractivity contribution in [3.8, 4) is 0 Å². The van der Waals surface area contributed by atoms with Gasteiger partial charge in [-0.3, -0.25) is 4.79 Å². The van der Waals surface area contributed by atoms with Gasteiger partial charge in [0.1, 0.15) is 5.02 Å². The molecule has 1 heterocycles. The van der Waals surface area contributed by atoms with Crippen LogP contribution in [0.15, 0.2) is 11.0 Å². The van der Waals surface area contributed by atoms with Gasteiger partial charge in [0.25, 0.3) is 5.56 Å². The minimum absolute atomic E-state index is 0.130. The van der Waals surface area contributed by atoms with Gasteiger partial charge in [0, 0.05) is 18.6 Å². The van der Waals surface area contributed by atoms with Crippen molar-refractivity contribution in [2.45, 2.75) is 51.1 Å². The Bertz CT molecular complexity index is 494. The Balaban J connectivity index is 2.26. The van der Waals surface area contributed by atoms with Crippen LogP contribution in [0.2, 0.25) is 5.02 Å². The van der Waals surface area contributed by atoms with Crippen LogP contribution in [0.25, 0.3) is 0 Å². The lowest BCUT2D eigenvalue weighted by Crippen LogP contribution is -2.43. The average Bonchev–Trinajstić information content (AvgIpc) is 2.88. The molecule has 0 amide bonds. The van der Waals surface area contributed by atoms with Crippen molar-refractivity contribution in [1.29, 1.82) is 0 Å². The van der Waals surface area contributed by atoms with Gasteiger partial charge in [0.05, 0.1) is 11.9 Å². The van der Waals surface area contributed by atoms with Crippen molar-refractivity contribution >= 4 is 17.3 Å². The van der Waals surface area contributed by atoms with E-state index >= 15 is 0 Å². The van der Waals surface area contributed by atoms with Crippen LogP contribution >= 0.6 is 11.6 Å². The Morgan fingerprint density at radius 2 is 2.21 bits per heavy atom. The summed E-state index contributed by atoms with van der Waals surface area (Å²) in [6.45, 7) is 3.12. The van der Waals surface area contributed by atoms with Crippen molar-refractivity contribution < 1.29 is 0 Å². The maximum Gasteiger partial charge on any atom is 0.287 e. The molecule has 0 bridgehead atoms. The number of aryl methyl sites for hydroxylation is 1. The van der Waals surface area contributed by atoms with Crippen molar-refractivity contribution in [1.82, 2.24) is 9.78 Å². The zero-order valence-electron chi connectivity index (χ0n) is 11.3. The quantitative estimate of drug-likeness (QED) is 0.867. The summed E-state index contributed by atoms with van der Waals surface area (Å²) < 4.78 is 1.40. The summed E-state index contributed by atoms with van der Waals surface area (Å²) in [6, 6.07) is 0. The molecule has 0 aromatic carbocycles. The van der Waals surface area contributed by atoms with Crippen LogP contribution in [0, 0.1) is 0 Å². The standard InChI is InChI=1S/C13H21ClN4O/c1-2-7-18-12(19)11(14)10(8-16-18)17-13(9-15)5-3-4-6-13/h8,17H,2-7,9,15H2,1H3. The maximum atomic E-state index is 12.0. The lowest BCUT2D eigenvalue weighted by molar-refractivity contribution is 0.491. The van der Waals surface area contributed by atoms with Crippen LogP contribution in [0.1, 0.15) is 39.0 Å². The molecule has 6 heteroatoms. The third-order valence-corrected chi connectivity index (χ3v) is 4.14. The van der Waals surface area contributed by atoms with Gasteiger partial charge in [-0.1, -0.05) is 31.4 Å². The Labute approximate surface area is 118 Å².